The van der Waals surface area contributed by atoms with Gasteiger partial charge < -0.3 is 15.4 Å². The number of hydrogen-bond acceptors (Lipinski definition) is 3. The average molecular weight is 228 g/mol. The third-order valence-corrected chi connectivity index (χ3v) is 3.06. The Labute approximate surface area is 98.1 Å². The number of carbonyl (C=O) groups excluding carboxylic acids is 1. The Balaban J connectivity index is 2.44. The quantitative estimate of drug-likeness (QED) is 0.738. The van der Waals surface area contributed by atoms with Crippen LogP contribution in [0, 0.1) is 5.92 Å². The van der Waals surface area contributed by atoms with E-state index in [1.165, 1.54) is 0 Å². The van der Waals surface area contributed by atoms with Crippen LogP contribution in [0.5, 0.6) is 0 Å². The summed E-state index contributed by atoms with van der Waals surface area (Å²) in [5.74, 6) is 0.444. The van der Waals surface area contributed by atoms with Crippen molar-refractivity contribution >= 4 is 5.91 Å². The van der Waals surface area contributed by atoms with Gasteiger partial charge in [-0.2, -0.15) is 0 Å². The molecule has 2 N–H and O–H groups in total. The van der Waals surface area contributed by atoms with Gasteiger partial charge in [0.05, 0.1) is 0 Å². The fraction of sp³-hybridized carbons (Fsp3) is 0.917. The minimum Gasteiger partial charge on any atom is -0.381 e. The van der Waals surface area contributed by atoms with Crippen molar-refractivity contribution in [2.75, 3.05) is 32.8 Å². The molecule has 0 bridgehead atoms. The monoisotopic (exact) mass is 228 g/mol. The van der Waals surface area contributed by atoms with Crippen molar-refractivity contribution < 1.29 is 9.53 Å². The Kier molecular flexibility index (Phi) is 6.42. The molecule has 1 fully saturated rings. The first kappa shape index (κ1) is 13.5. The summed E-state index contributed by atoms with van der Waals surface area (Å²) < 4.78 is 5.28. The maximum atomic E-state index is 12.2. The van der Waals surface area contributed by atoms with E-state index in [9.17, 15) is 4.79 Å². The van der Waals surface area contributed by atoms with Crippen LogP contribution < -0.4 is 5.73 Å². The molecule has 0 spiro atoms. The normalized spacial score (nSPS) is 17.4. The number of amides is 1. The molecule has 0 aromatic rings. The topological polar surface area (TPSA) is 55.6 Å². The Bertz CT molecular complexity index is 203. The molecule has 0 aromatic carbocycles. The summed E-state index contributed by atoms with van der Waals surface area (Å²) in [5, 5.41) is 0. The number of nitrogens with two attached hydrogens (primary N) is 1. The van der Waals surface area contributed by atoms with Crippen LogP contribution in [0.25, 0.3) is 0 Å². The van der Waals surface area contributed by atoms with Gasteiger partial charge in [-0.3, -0.25) is 4.79 Å². The summed E-state index contributed by atoms with van der Waals surface area (Å²) in [7, 11) is 0. The number of nitrogens with zero attached hydrogens (tertiary/aromatic N) is 1. The number of unbranched alkanes of at least 4 members (excludes halogenated alkanes) is 1. The van der Waals surface area contributed by atoms with Crippen LogP contribution in [0.15, 0.2) is 0 Å². The van der Waals surface area contributed by atoms with Crippen LogP contribution in [0.2, 0.25) is 0 Å². The molecule has 1 aliphatic heterocycles. The summed E-state index contributed by atoms with van der Waals surface area (Å²) in [5.41, 5.74) is 5.55. The molecule has 1 saturated heterocycles. The van der Waals surface area contributed by atoms with Crippen molar-refractivity contribution in [3.8, 4) is 0 Å². The summed E-state index contributed by atoms with van der Waals surface area (Å²) in [4.78, 5) is 14.1. The SMILES string of the molecule is CCCCN(CCN)C(=O)C1CCOCC1. The van der Waals surface area contributed by atoms with E-state index >= 15 is 0 Å². The molecular weight excluding hydrogens is 204 g/mol. The molecule has 1 heterocycles. The van der Waals surface area contributed by atoms with Crippen LogP contribution in [-0.4, -0.2) is 43.7 Å². The predicted molar refractivity (Wildman–Crippen MR) is 64.1 cm³/mol. The minimum atomic E-state index is 0.164. The number of ether oxygens (including phenoxy) is 1. The second kappa shape index (κ2) is 7.63. The average Bonchev–Trinajstić information content (AvgIpc) is 2.35. The molecule has 0 unspecified atom stereocenters. The second-order valence-electron chi connectivity index (χ2n) is 4.35. The highest BCUT2D eigenvalue weighted by Gasteiger charge is 2.25. The Hall–Kier alpha value is -0.610. The van der Waals surface area contributed by atoms with Crippen LogP contribution in [0.1, 0.15) is 32.6 Å². The second-order valence-corrected chi connectivity index (χ2v) is 4.35. The van der Waals surface area contributed by atoms with Gasteiger partial charge in [0.15, 0.2) is 0 Å². The lowest BCUT2D eigenvalue weighted by Gasteiger charge is -2.29. The maximum absolute atomic E-state index is 12.2. The predicted octanol–water partition coefficient (Wildman–Crippen LogP) is 1.00. The lowest BCUT2D eigenvalue weighted by atomic mass is 9.98. The standard InChI is InChI=1S/C12H24N2O2/c1-2-3-7-14(8-6-13)12(15)11-4-9-16-10-5-11/h11H,2-10,13H2,1H3. The molecule has 0 atom stereocenters. The van der Waals surface area contributed by atoms with Gasteiger partial charge in [-0.25, -0.2) is 0 Å². The zero-order valence-electron chi connectivity index (χ0n) is 10.3. The fourth-order valence-electron chi connectivity index (χ4n) is 2.04. The van der Waals surface area contributed by atoms with Crippen molar-refractivity contribution in [2.45, 2.75) is 32.6 Å². The minimum absolute atomic E-state index is 0.164. The lowest BCUT2D eigenvalue weighted by Crippen LogP contribution is -2.41. The van der Waals surface area contributed by atoms with E-state index in [4.69, 9.17) is 10.5 Å². The summed E-state index contributed by atoms with van der Waals surface area (Å²) in [6.45, 7) is 5.68. The van der Waals surface area contributed by atoms with Crippen LogP contribution >= 0.6 is 0 Å². The van der Waals surface area contributed by atoms with Crippen LogP contribution in [0.3, 0.4) is 0 Å². The number of carbonyl (C=O) groups is 1. The van der Waals surface area contributed by atoms with Gasteiger partial charge in [-0.1, -0.05) is 13.3 Å². The molecule has 94 valence electrons. The molecule has 16 heavy (non-hydrogen) atoms. The van der Waals surface area contributed by atoms with Crippen molar-refractivity contribution in [1.82, 2.24) is 4.90 Å². The van der Waals surface area contributed by atoms with Crippen LogP contribution in [0.4, 0.5) is 0 Å². The molecule has 1 rings (SSSR count). The van der Waals surface area contributed by atoms with Gasteiger partial charge >= 0.3 is 0 Å². The Morgan fingerprint density at radius 1 is 1.38 bits per heavy atom. The molecule has 4 heteroatoms. The third-order valence-electron chi connectivity index (χ3n) is 3.06. The first-order chi connectivity index (χ1) is 7.79. The maximum Gasteiger partial charge on any atom is 0.225 e. The van der Waals surface area contributed by atoms with Gasteiger partial charge in [-0.05, 0) is 19.3 Å². The molecule has 0 aromatic heterocycles. The molecule has 1 aliphatic rings. The van der Waals surface area contributed by atoms with Gasteiger partial charge in [-0.15, -0.1) is 0 Å². The molecule has 4 nitrogen and oxygen atoms in total. The smallest absolute Gasteiger partial charge is 0.225 e. The third kappa shape index (κ3) is 4.10. The molecule has 0 saturated carbocycles. The lowest BCUT2D eigenvalue weighted by molar-refractivity contribution is -0.138. The van der Waals surface area contributed by atoms with Gasteiger partial charge in [0.25, 0.3) is 0 Å². The van der Waals surface area contributed by atoms with E-state index in [1.807, 2.05) is 4.90 Å². The zero-order valence-corrected chi connectivity index (χ0v) is 10.3. The molecule has 0 aliphatic carbocycles. The zero-order chi connectivity index (χ0) is 11.8. The highest BCUT2D eigenvalue weighted by Crippen LogP contribution is 2.17. The highest BCUT2D eigenvalue weighted by atomic mass is 16.5. The van der Waals surface area contributed by atoms with Crippen molar-refractivity contribution in [3.63, 3.8) is 0 Å². The van der Waals surface area contributed by atoms with E-state index < -0.39 is 0 Å². The Morgan fingerprint density at radius 2 is 2.06 bits per heavy atom. The van der Waals surface area contributed by atoms with Gasteiger partial charge in [0.1, 0.15) is 0 Å². The number of rotatable bonds is 6. The van der Waals surface area contributed by atoms with E-state index in [-0.39, 0.29) is 11.8 Å². The van der Waals surface area contributed by atoms with E-state index in [1.54, 1.807) is 0 Å². The Morgan fingerprint density at radius 3 is 2.62 bits per heavy atom. The molecule has 0 radical (unpaired) electrons. The first-order valence-corrected chi connectivity index (χ1v) is 6.36. The van der Waals surface area contributed by atoms with Gasteiger partial charge in [0, 0.05) is 38.8 Å². The summed E-state index contributed by atoms with van der Waals surface area (Å²) in [6, 6.07) is 0. The fourth-order valence-corrected chi connectivity index (χ4v) is 2.04. The van der Waals surface area contributed by atoms with Crippen molar-refractivity contribution in [1.29, 1.82) is 0 Å². The highest BCUT2D eigenvalue weighted by molar-refractivity contribution is 5.78. The number of hydrogen-bond donors (Lipinski definition) is 1. The largest absolute Gasteiger partial charge is 0.381 e. The first-order valence-electron chi connectivity index (χ1n) is 6.36. The van der Waals surface area contributed by atoms with E-state index in [0.29, 0.717) is 13.1 Å². The van der Waals surface area contributed by atoms with E-state index in [2.05, 4.69) is 6.92 Å². The summed E-state index contributed by atoms with van der Waals surface area (Å²) >= 11 is 0. The van der Waals surface area contributed by atoms with Crippen LogP contribution in [-0.2, 0) is 9.53 Å². The molecular formula is C12H24N2O2. The van der Waals surface area contributed by atoms with Crippen molar-refractivity contribution in [2.24, 2.45) is 11.7 Å². The van der Waals surface area contributed by atoms with Crippen molar-refractivity contribution in [3.05, 3.63) is 0 Å². The van der Waals surface area contributed by atoms with E-state index in [0.717, 1.165) is 45.4 Å². The molecule has 1 amide bonds. The van der Waals surface area contributed by atoms with Gasteiger partial charge in [0.2, 0.25) is 5.91 Å². The summed E-state index contributed by atoms with van der Waals surface area (Å²) in [6.07, 6.45) is 3.91.